The van der Waals surface area contributed by atoms with Gasteiger partial charge in [0.1, 0.15) is 0 Å². The van der Waals surface area contributed by atoms with Crippen molar-refractivity contribution >= 4 is 0 Å². The zero-order chi connectivity index (χ0) is 12.3. The first-order valence-corrected chi connectivity index (χ1v) is 5.85. The molecule has 4 nitrogen and oxygen atoms in total. The van der Waals surface area contributed by atoms with Crippen LogP contribution in [-0.4, -0.2) is 26.9 Å². The molecule has 0 saturated carbocycles. The molecular weight excluding hydrogens is 218 g/mol. The van der Waals surface area contributed by atoms with Crippen LogP contribution < -0.4 is 15.2 Å². The average Bonchev–Trinajstić information content (AvgIpc) is 2.90. The summed E-state index contributed by atoms with van der Waals surface area (Å²) in [6.45, 7) is 0.811. The number of hydrogen-bond acceptors (Lipinski definition) is 4. The third-order valence-electron chi connectivity index (χ3n) is 3.16. The van der Waals surface area contributed by atoms with Crippen molar-refractivity contribution in [2.45, 2.75) is 25.0 Å². The highest BCUT2D eigenvalue weighted by Gasteiger charge is 2.24. The van der Waals surface area contributed by atoms with Crippen molar-refractivity contribution in [2.24, 2.45) is 5.73 Å². The quantitative estimate of drug-likeness (QED) is 0.868. The number of nitrogens with two attached hydrogens (primary N) is 1. The second kappa shape index (κ2) is 5.38. The third kappa shape index (κ3) is 2.53. The molecular formula is C13H19NO3. The summed E-state index contributed by atoms with van der Waals surface area (Å²) < 4.78 is 16.1. The standard InChI is InChI=1S/C13H19NO3/c1-15-10-6-5-9(8-12(10)16-2)13(14)11-4-3-7-17-11/h5-6,8,11,13H,3-4,7,14H2,1-2H3. The molecule has 2 unspecified atom stereocenters. The van der Waals surface area contributed by atoms with E-state index in [-0.39, 0.29) is 12.1 Å². The van der Waals surface area contributed by atoms with E-state index in [4.69, 9.17) is 19.9 Å². The minimum Gasteiger partial charge on any atom is -0.493 e. The van der Waals surface area contributed by atoms with E-state index in [1.807, 2.05) is 18.2 Å². The Kier molecular flexibility index (Phi) is 3.86. The molecule has 1 aliphatic rings. The van der Waals surface area contributed by atoms with Crippen LogP contribution in [0.25, 0.3) is 0 Å². The van der Waals surface area contributed by atoms with Crippen molar-refractivity contribution in [3.8, 4) is 11.5 Å². The van der Waals surface area contributed by atoms with Gasteiger partial charge in [0.05, 0.1) is 26.4 Å². The molecule has 2 atom stereocenters. The van der Waals surface area contributed by atoms with E-state index in [0.29, 0.717) is 5.75 Å². The monoisotopic (exact) mass is 237 g/mol. The molecule has 0 radical (unpaired) electrons. The molecule has 1 saturated heterocycles. The number of benzene rings is 1. The van der Waals surface area contributed by atoms with Crippen LogP contribution >= 0.6 is 0 Å². The lowest BCUT2D eigenvalue weighted by Gasteiger charge is -2.20. The second-order valence-corrected chi connectivity index (χ2v) is 4.19. The molecule has 1 heterocycles. The third-order valence-corrected chi connectivity index (χ3v) is 3.16. The van der Waals surface area contributed by atoms with E-state index in [0.717, 1.165) is 30.8 Å². The molecule has 17 heavy (non-hydrogen) atoms. The van der Waals surface area contributed by atoms with Crippen molar-refractivity contribution in [1.29, 1.82) is 0 Å². The van der Waals surface area contributed by atoms with Gasteiger partial charge < -0.3 is 19.9 Å². The maximum Gasteiger partial charge on any atom is 0.161 e. The Balaban J connectivity index is 2.20. The van der Waals surface area contributed by atoms with E-state index in [1.54, 1.807) is 14.2 Å². The fraction of sp³-hybridized carbons (Fsp3) is 0.538. The van der Waals surface area contributed by atoms with E-state index in [1.165, 1.54) is 0 Å². The van der Waals surface area contributed by atoms with Crippen LogP contribution in [0, 0.1) is 0 Å². The van der Waals surface area contributed by atoms with E-state index in [2.05, 4.69) is 0 Å². The zero-order valence-corrected chi connectivity index (χ0v) is 10.3. The summed E-state index contributed by atoms with van der Waals surface area (Å²) in [4.78, 5) is 0. The average molecular weight is 237 g/mol. The van der Waals surface area contributed by atoms with Crippen LogP contribution in [0.5, 0.6) is 11.5 Å². The molecule has 1 aliphatic heterocycles. The Morgan fingerprint density at radius 3 is 2.65 bits per heavy atom. The number of ether oxygens (including phenoxy) is 3. The summed E-state index contributed by atoms with van der Waals surface area (Å²) in [5, 5.41) is 0. The molecule has 1 fully saturated rings. The molecule has 2 N–H and O–H groups in total. The fourth-order valence-electron chi connectivity index (χ4n) is 2.16. The van der Waals surface area contributed by atoms with Crippen LogP contribution in [0.1, 0.15) is 24.4 Å². The molecule has 4 heteroatoms. The van der Waals surface area contributed by atoms with Crippen molar-refractivity contribution < 1.29 is 14.2 Å². The number of methoxy groups -OCH3 is 2. The molecule has 0 bridgehead atoms. The Labute approximate surface area is 102 Å². The lowest BCUT2D eigenvalue weighted by molar-refractivity contribution is 0.0899. The second-order valence-electron chi connectivity index (χ2n) is 4.19. The van der Waals surface area contributed by atoms with Crippen LogP contribution in [0.3, 0.4) is 0 Å². The lowest BCUT2D eigenvalue weighted by Crippen LogP contribution is -2.25. The fourth-order valence-corrected chi connectivity index (χ4v) is 2.16. The number of hydrogen-bond donors (Lipinski definition) is 1. The Bertz CT molecular complexity index is 375. The first-order chi connectivity index (χ1) is 8.26. The predicted octanol–water partition coefficient (Wildman–Crippen LogP) is 1.88. The highest BCUT2D eigenvalue weighted by atomic mass is 16.5. The SMILES string of the molecule is COc1ccc(C(N)C2CCCO2)cc1OC. The van der Waals surface area contributed by atoms with Gasteiger partial charge in [-0.2, -0.15) is 0 Å². The van der Waals surface area contributed by atoms with E-state index < -0.39 is 0 Å². The first-order valence-electron chi connectivity index (χ1n) is 5.85. The highest BCUT2D eigenvalue weighted by molar-refractivity contribution is 5.44. The summed E-state index contributed by atoms with van der Waals surface area (Å²) in [5.41, 5.74) is 7.22. The van der Waals surface area contributed by atoms with Gasteiger partial charge in [-0.3, -0.25) is 0 Å². The maximum atomic E-state index is 6.19. The van der Waals surface area contributed by atoms with Gasteiger partial charge in [-0.15, -0.1) is 0 Å². The zero-order valence-electron chi connectivity index (χ0n) is 10.3. The van der Waals surface area contributed by atoms with Crippen molar-refractivity contribution in [3.05, 3.63) is 23.8 Å². The Hall–Kier alpha value is -1.26. The summed E-state index contributed by atoms with van der Waals surface area (Å²) >= 11 is 0. The molecule has 2 rings (SSSR count). The molecule has 1 aromatic rings. The molecule has 1 aromatic carbocycles. The van der Waals surface area contributed by atoms with Crippen LogP contribution in [0.15, 0.2) is 18.2 Å². The Morgan fingerprint density at radius 1 is 1.29 bits per heavy atom. The van der Waals surface area contributed by atoms with E-state index >= 15 is 0 Å². The van der Waals surface area contributed by atoms with Gasteiger partial charge in [0.25, 0.3) is 0 Å². The normalized spacial score (nSPS) is 21.2. The van der Waals surface area contributed by atoms with Gasteiger partial charge in [-0.25, -0.2) is 0 Å². The molecule has 0 amide bonds. The predicted molar refractivity (Wildman–Crippen MR) is 65.4 cm³/mol. The van der Waals surface area contributed by atoms with Crippen molar-refractivity contribution in [2.75, 3.05) is 20.8 Å². The lowest BCUT2D eigenvalue weighted by atomic mass is 10.00. The van der Waals surface area contributed by atoms with Crippen LogP contribution in [0.2, 0.25) is 0 Å². The van der Waals surface area contributed by atoms with Crippen molar-refractivity contribution in [1.82, 2.24) is 0 Å². The van der Waals surface area contributed by atoms with Crippen LogP contribution in [0.4, 0.5) is 0 Å². The highest BCUT2D eigenvalue weighted by Crippen LogP contribution is 2.32. The smallest absolute Gasteiger partial charge is 0.161 e. The van der Waals surface area contributed by atoms with Gasteiger partial charge in [-0.1, -0.05) is 6.07 Å². The van der Waals surface area contributed by atoms with Gasteiger partial charge in [0, 0.05) is 6.61 Å². The van der Waals surface area contributed by atoms with Crippen molar-refractivity contribution in [3.63, 3.8) is 0 Å². The number of rotatable bonds is 4. The molecule has 0 spiro atoms. The first kappa shape index (κ1) is 12.2. The summed E-state index contributed by atoms with van der Waals surface area (Å²) in [6.07, 6.45) is 2.23. The van der Waals surface area contributed by atoms with Crippen LogP contribution in [-0.2, 0) is 4.74 Å². The van der Waals surface area contributed by atoms with Gasteiger partial charge >= 0.3 is 0 Å². The largest absolute Gasteiger partial charge is 0.493 e. The topological polar surface area (TPSA) is 53.7 Å². The minimum atomic E-state index is -0.0997. The summed E-state index contributed by atoms with van der Waals surface area (Å²) in [6, 6.07) is 5.67. The summed E-state index contributed by atoms with van der Waals surface area (Å²) in [5.74, 6) is 1.43. The van der Waals surface area contributed by atoms with Gasteiger partial charge in [-0.05, 0) is 30.5 Å². The maximum absolute atomic E-state index is 6.19. The van der Waals surface area contributed by atoms with E-state index in [9.17, 15) is 0 Å². The molecule has 0 aromatic heterocycles. The minimum absolute atomic E-state index is 0.0997. The van der Waals surface area contributed by atoms with Gasteiger partial charge in [0.15, 0.2) is 11.5 Å². The van der Waals surface area contributed by atoms with Gasteiger partial charge in [0.2, 0.25) is 0 Å². The molecule has 94 valence electrons. The molecule has 0 aliphatic carbocycles. The Morgan fingerprint density at radius 2 is 2.06 bits per heavy atom. The summed E-state index contributed by atoms with van der Waals surface area (Å²) in [7, 11) is 3.25.